The zero-order chi connectivity index (χ0) is 19.1. The summed E-state index contributed by atoms with van der Waals surface area (Å²) in [5, 5.41) is 4.17. The molecule has 2 heterocycles. The van der Waals surface area contributed by atoms with E-state index in [0.29, 0.717) is 24.7 Å². The third-order valence-electron chi connectivity index (χ3n) is 5.21. The molecule has 1 fully saturated rings. The number of carbonyl (C=O) groups excluding carboxylic acids is 1. The van der Waals surface area contributed by atoms with Crippen LogP contribution in [0.4, 0.5) is 5.69 Å². The Hall–Kier alpha value is -2.95. The summed E-state index contributed by atoms with van der Waals surface area (Å²) < 4.78 is 5.49. The Morgan fingerprint density at radius 2 is 1.74 bits per heavy atom. The lowest BCUT2D eigenvalue weighted by molar-refractivity contribution is -0.117. The molecule has 1 atom stereocenters. The summed E-state index contributed by atoms with van der Waals surface area (Å²) in [4.78, 5) is 19.2. The van der Waals surface area contributed by atoms with Crippen LogP contribution in [0.1, 0.15) is 40.4 Å². The van der Waals surface area contributed by atoms with Gasteiger partial charge in [0.05, 0.1) is 0 Å². The van der Waals surface area contributed by atoms with E-state index in [1.807, 2.05) is 36.1 Å². The molecule has 27 heavy (non-hydrogen) atoms. The van der Waals surface area contributed by atoms with Crippen LogP contribution in [-0.2, 0) is 4.79 Å². The molecule has 1 unspecified atom stereocenters. The second-order valence-electron chi connectivity index (χ2n) is 7.43. The van der Waals surface area contributed by atoms with Crippen LogP contribution in [0.2, 0.25) is 0 Å². The normalized spacial score (nSPS) is 17.0. The molecule has 1 aliphatic heterocycles. The number of nitrogens with zero attached hydrogens (tertiary/aromatic N) is 3. The lowest BCUT2D eigenvalue weighted by Crippen LogP contribution is -2.26. The standard InChI is InChI=1S/C22H23N3O2/c1-13-9-15(3)20(16(4)10-13)25-12-17(11-19(25)26)21-23-22(27-24-21)18-8-6-5-7-14(18)2/h5-10,17H,11-12H2,1-4H3. The van der Waals surface area contributed by atoms with Gasteiger partial charge in [0.1, 0.15) is 0 Å². The Labute approximate surface area is 159 Å². The van der Waals surface area contributed by atoms with Crippen molar-refractivity contribution < 1.29 is 9.32 Å². The first-order valence-corrected chi connectivity index (χ1v) is 9.22. The van der Waals surface area contributed by atoms with Crippen LogP contribution in [0.25, 0.3) is 11.5 Å². The Morgan fingerprint density at radius 1 is 1.04 bits per heavy atom. The highest BCUT2D eigenvalue weighted by Gasteiger charge is 2.35. The van der Waals surface area contributed by atoms with Crippen molar-refractivity contribution in [2.75, 3.05) is 11.4 Å². The summed E-state index contributed by atoms with van der Waals surface area (Å²) in [6.07, 6.45) is 0.402. The van der Waals surface area contributed by atoms with Gasteiger partial charge in [-0.15, -0.1) is 0 Å². The molecule has 2 aromatic carbocycles. The fraction of sp³-hybridized carbons (Fsp3) is 0.318. The van der Waals surface area contributed by atoms with Crippen LogP contribution in [-0.4, -0.2) is 22.6 Å². The van der Waals surface area contributed by atoms with Gasteiger partial charge in [-0.3, -0.25) is 4.79 Å². The number of carbonyl (C=O) groups is 1. The van der Waals surface area contributed by atoms with E-state index in [0.717, 1.165) is 27.9 Å². The monoisotopic (exact) mass is 361 g/mol. The van der Waals surface area contributed by atoms with Crippen molar-refractivity contribution in [2.24, 2.45) is 0 Å². The Kier molecular flexibility index (Phi) is 4.30. The molecule has 5 heteroatoms. The molecule has 4 rings (SSSR count). The molecule has 0 saturated carbocycles. The molecule has 0 spiro atoms. The van der Waals surface area contributed by atoms with Gasteiger partial charge in [0.15, 0.2) is 5.82 Å². The molecule has 1 aromatic heterocycles. The first-order chi connectivity index (χ1) is 12.9. The van der Waals surface area contributed by atoms with Crippen LogP contribution in [0.5, 0.6) is 0 Å². The van der Waals surface area contributed by atoms with Crippen molar-refractivity contribution in [3.05, 3.63) is 64.5 Å². The fourth-order valence-electron chi connectivity index (χ4n) is 4.02. The van der Waals surface area contributed by atoms with Crippen molar-refractivity contribution in [2.45, 2.75) is 40.0 Å². The van der Waals surface area contributed by atoms with Gasteiger partial charge in [0, 0.05) is 30.1 Å². The van der Waals surface area contributed by atoms with E-state index in [4.69, 9.17) is 4.52 Å². The maximum Gasteiger partial charge on any atom is 0.258 e. The maximum absolute atomic E-state index is 12.7. The predicted octanol–water partition coefficient (Wildman–Crippen LogP) is 4.49. The smallest absolute Gasteiger partial charge is 0.258 e. The second kappa shape index (κ2) is 6.65. The van der Waals surface area contributed by atoms with E-state index in [9.17, 15) is 4.79 Å². The van der Waals surface area contributed by atoms with Gasteiger partial charge in [-0.2, -0.15) is 4.98 Å². The van der Waals surface area contributed by atoms with Gasteiger partial charge < -0.3 is 9.42 Å². The summed E-state index contributed by atoms with van der Waals surface area (Å²) in [7, 11) is 0. The van der Waals surface area contributed by atoms with Gasteiger partial charge >= 0.3 is 0 Å². The van der Waals surface area contributed by atoms with E-state index >= 15 is 0 Å². The number of anilines is 1. The van der Waals surface area contributed by atoms with Crippen LogP contribution in [0.15, 0.2) is 40.9 Å². The van der Waals surface area contributed by atoms with Gasteiger partial charge in [-0.25, -0.2) is 0 Å². The van der Waals surface area contributed by atoms with E-state index in [2.05, 4.69) is 43.0 Å². The van der Waals surface area contributed by atoms with E-state index in [1.165, 1.54) is 5.56 Å². The fourth-order valence-corrected chi connectivity index (χ4v) is 4.02. The highest BCUT2D eigenvalue weighted by molar-refractivity contribution is 5.97. The molecule has 138 valence electrons. The Morgan fingerprint density at radius 3 is 2.44 bits per heavy atom. The summed E-state index contributed by atoms with van der Waals surface area (Å²) in [5.41, 5.74) is 6.48. The first kappa shape index (κ1) is 17.5. The first-order valence-electron chi connectivity index (χ1n) is 9.22. The molecule has 5 nitrogen and oxygen atoms in total. The largest absolute Gasteiger partial charge is 0.334 e. The quantitative estimate of drug-likeness (QED) is 0.690. The lowest BCUT2D eigenvalue weighted by Gasteiger charge is -2.22. The predicted molar refractivity (Wildman–Crippen MR) is 105 cm³/mol. The highest BCUT2D eigenvalue weighted by Crippen LogP contribution is 2.35. The maximum atomic E-state index is 12.7. The number of aryl methyl sites for hydroxylation is 4. The number of aromatic nitrogens is 2. The lowest BCUT2D eigenvalue weighted by atomic mass is 10.0. The third kappa shape index (κ3) is 3.14. The zero-order valence-electron chi connectivity index (χ0n) is 16.1. The third-order valence-corrected chi connectivity index (χ3v) is 5.21. The minimum absolute atomic E-state index is 0.0564. The molecule has 0 radical (unpaired) electrons. The number of amides is 1. The topological polar surface area (TPSA) is 59.2 Å². The van der Waals surface area contributed by atoms with E-state index < -0.39 is 0 Å². The van der Waals surface area contributed by atoms with Crippen molar-refractivity contribution in [3.8, 4) is 11.5 Å². The van der Waals surface area contributed by atoms with E-state index in [-0.39, 0.29) is 11.8 Å². The van der Waals surface area contributed by atoms with Crippen LogP contribution >= 0.6 is 0 Å². The Bertz CT molecular complexity index is 999. The Balaban J connectivity index is 1.62. The molecular formula is C22H23N3O2. The average Bonchev–Trinajstić information content (AvgIpc) is 3.22. The highest BCUT2D eigenvalue weighted by atomic mass is 16.5. The number of hydrogen-bond acceptors (Lipinski definition) is 4. The van der Waals surface area contributed by atoms with Crippen molar-refractivity contribution in [3.63, 3.8) is 0 Å². The summed E-state index contributed by atoms with van der Waals surface area (Å²) in [6, 6.07) is 12.2. The molecule has 0 aliphatic carbocycles. The molecule has 1 amide bonds. The molecule has 3 aromatic rings. The van der Waals surface area contributed by atoms with Gasteiger partial charge in [-0.05, 0) is 50.5 Å². The SMILES string of the molecule is Cc1cc(C)c(N2CC(c3noc(-c4ccccc4C)n3)CC2=O)c(C)c1. The molecule has 0 N–H and O–H groups in total. The average molecular weight is 361 g/mol. The molecule has 0 bridgehead atoms. The minimum atomic E-state index is -0.0564. The van der Waals surface area contributed by atoms with Crippen LogP contribution in [0, 0.1) is 27.7 Å². The molecule has 1 aliphatic rings. The van der Waals surface area contributed by atoms with Crippen LogP contribution in [0.3, 0.4) is 0 Å². The number of rotatable bonds is 3. The summed E-state index contributed by atoms with van der Waals surface area (Å²) in [5.74, 6) is 1.17. The molecule has 1 saturated heterocycles. The van der Waals surface area contributed by atoms with Gasteiger partial charge in [0.25, 0.3) is 5.89 Å². The van der Waals surface area contributed by atoms with Crippen LogP contribution < -0.4 is 4.90 Å². The van der Waals surface area contributed by atoms with E-state index in [1.54, 1.807) is 0 Å². The number of benzene rings is 2. The second-order valence-corrected chi connectivity index (χ2v) is 7.43. The van der Waals surface area contributed by atoms with Crippen molar-refractivity contribution >= 4 is 11.6 Å². The van der Waals surface area contributed by atoms with Crippen molar-refractivity contribution in [1.29, 1.82) is 0 Å². The number of hydrogen-bond donors (Lipinski definition) is 0. The minimum Gasteiger partial charge on any atom is -0.334 e. The van der Waals surface area contributed by atoms with Crippen molar-refractivity contribution in [1.82, 2.24) is 10.1 Å². The summed E-state index contributed by atoms with van der Waals surface area (Å²) in [6.45, 7) is 8.78. The zero-order valence-corrected chi connectivity index (χ0v) is 16.1. The summed E-state index contributed by atoms with van der Waals surface area (Å²) >= 11 is 0. The van der Waals surface area contributed by atoms with Gasteiger partial charge in [-0.1, -0.05) is 41.1 Å². The molecular weight excluding hydrogens is 338 g/mol. The van der Waals surface area contributed by atoms with Gasteiger partial charge in [0.2, 0.25) is 5.91 Å².